The van der Waals surface area contributed by atoms with Crippen molar-refractivity contribution in [1.82, 2.24) is 4.90 Å². The quantitative estimate of drug-likeness (QED) is 0.820. The first-order valence-corrected chi connectivity index (χ1v) is 6.08. The van der Waals surface area contributed by atoms with E-state index >= 15 is 0 Å². The highest BCUT2D eigenvalue weighted by Crippen LogP contribution is 2.23. The lowest BCUT2D eigenvalue weighted by atomic mass is 9.98. The second-order valence-electron chi connectivity index (χ2n) is 4.94. The van der Waals surface area contributed by atoms with Crippen LogP contribution in [-0.2, 0) is 0 Å². The first-order valence-electron chi connectivity index (χ1n) is 6.08. The molecule has 1 aliphatic rings. The number of likely N-dealkylation sites (tertiary alicyclic amines) is 1. The summed E-state index contributed by atoms with van der Waals surface area (Å²) >= 11 is 0. The molecule has 18 heavy (non-hydrogen) atoms. The maximum Gasteiger partial charge on any atom is 0.161 e. The minimum absolute atomic E-state index is 0.0376. The van der Waals surface area contributed by atoms with Gasteiger partial charge in [0.1, 0.15) is 5.82 Å². The van der Waals surface area contributed by atoms with Crippen LogP contribution in [0.5, 0.6) is 0 Å². The summed E-state index contributed by atoms with van der Waals surface area (Å²) in [6, 6.07) is 1.95. The average molecular weight is 258 g/mol. The van der Waals surface area contributed by atoms with Gasteiger partial charge >= 0.3 is 0 Å². The fraction of sp³-hybridized carbons (Fsp3) is 0.538. The van der Waals surface area contributed by atoms with Crippen molar-refractivity contribution in [3.05, 3.63) is 29.6 Å². The zero-order valence-corrected chi connectivity index (χ0v) is 10.5. The second kappa shape index (κ2) is 5.18. The van der Waals surface area contributed by atoms with E-state index in [1.807, 2.05) is 7.05 Å². The molecule has 2 atom stereocenters. The van der Waals surface area contributed by atoms with Gasteiger partial charge in [-0.15, -0.1) is 0 Å². The van der Waals surface area contributed by atoms with Gasteiger partial charge in [-0.3, -0.25) is 0 Å². The molecule has 0 aliphatic carbocycles. The average Bonchev–Trinajstić information content (AvgIpc) is 2.31. The van der Waals surface area contributed by atoms with Crippen molar-refractivity contribution in [2.24, 2.45) is 0 Å². The summed E-state index contributed by atoms with van der Waals surface area (Å²) in [7, 11) is 2.04. The maximum absolute atomic E-state index is 13.5. The SMILES string of the molecule is CC1CC(Nc2cc(F)c(F)cc2F)CCN1C. The molecule has 1 aromatic rings. The van der Waals surface area contributed by atoms with Crippen LogP contribution in [0.1, 0.15) is 19.8 Å². The smallest absolute Gasteiger partial charge is 0.161 e. The Morgan fingerprint density at radius 1 is 1.17 bits per heavy atom. The molecule has 2 unspecified atom stereocenters. The van der Waals surface area contributed by atoms with Crippen molar-refractivity contribution < 1.29 is 13.2 Å². The summed E-state index contributed by atoms with van der Waals surface area (Å²) in [6.45, 7) is 3.00. The van der Waals surface area contributed by atoms with Crippen LogP contribution in [-0.4, -0.2) is 30.6 Å². The summed E-state index contributed by atoms with van der Waals surface area (Å²) < 4.78 is 39.3. The summed E-state index contributed by atoms with van der Waals surface area (Å²) in [4.78, 5) is 2.22. The molecule has 5 heteroatoms. The predicted molar refractivity (Wildman–Crippen MR) is 65.1 cm³/mol. The summed E-state index contributed by atoms with van der Waals surface area (Å²) in [5.41, 5.74) is 0.0376. The van der Waals surface area contributed by atoms with Gasteiger partial charge in [-0.1, -0.05) is 0 Å². The number of nitrogens with one attached hydrogen (secondary N) is 1. The zero-order valence-electron chi connectivity index (χ0n) is 10.5. The Kier molecular flexibility index (Phi) is 3.80. The van der Waals surface area contributed by atoms with Gasteiger partial charge in [-0.05, 0) is 26.8 Å². The molecule has 2 rings (SSSR count). The minimum Gasteiger partial charge on any atom is -0.380 e. The molecule has 0 aromatic heterocycles. The highest BCUT2D eigenvalue weighted by Gasteiger charge is 2.23. The van der Waals surface area contributed by atoms with E-state index in [0.717, 1.165) is 25.5 Å². The molecule has 0 amide bonds. The number of rotatable bonds is 2. The van der Waals surface area contributed by atoms with Crippen LogP contribution < -0.4 is 5.32 Å². The largest absolute Gasteiger partial charge is 0.380 e. The number of halogens is 3. The van der Waals surface area contributed by atoms with E-state index in [1.165, 1.54) is 0 Å². The van der Waals surface area contributed by atoms with Crippen molar-refractivity contribution >= 4 is 5.69 Å². The highest BCUT2D eigenvalue weighted by atomic mass is 19.2. The number of hydrogen-bond acceptors (Lipinski definition) is 2. The molecule has 1 aromatic carbocycles. The molecule has 1 fully saturated rings. The van der Waals surface area contributed by atoms with Gasteiger partial charge in [0, 0.05) is 30.8 Å². The lowest BCUT2D eigenvalue weighted by Crippen LogP contribution is -2.42. The molecule has 100 valence electrons. The van der Waals surface area contributed by atoms with Crippen LogP contribution in [0.3, 0.4) is 0 Å². The van der Waals surface area contributed by atoms with Gasteiger partial charge in [0.05, 0.1) is 5.69 Å². The van der Waals surface area contributed by atoms with Crippen molar-refractivity contribution in [2.75, 3.05) is 18.9 Å². The number of piperidine rings is 1. The lowest BCUT2D eigenvalue weighted by Gasteiger charge is -2.35. The van der Waals surface area contributed by atoms with Gasteiger partial charge in [0.15, 0.2) is 11.6 Å². The van der Waals surface area contributed by atoms with E-state index in [9.17, 15) is 13.2 Å². The lowest BCUT2D eigenvalue weighted by molar-refractivity contribution is 0.190. The van der Waals surface area contributed by atoms with Crippen molar-refractivity contribution in [3.63, 3.8) is 0 Å². The van der Waals surface area contributed by atoms with Crippen molar-refractivity contribution in [3.8, 4) is 0 Å². The first kappa shape index (κ1) is 13.2. The van der Waals surface area contributed by atoms with Crippen LogP contribution in [0.15, 0.2) is 12.1 Å². The van der Waals surface area contributed by atoms with Crippen LogP contribution in [0.2, 0.25) is 0 Å². The molecule has 0 radical (unpaired) electrons. The van der Waals surface area contributed by atoms with Crippen LogP contribution in [0.4, 0.5) is 18.9 Å². The summed E-state index contributed by atoms with van der Waals surface area (Å²) in [5, 5.41) is 2.96. The number of nitrogens with zero attached hydrogens (tertiary/aromatic N) is 1. The zero-order chi connectivity index (χ0) is 13.3. The second-order valence-corrected chi connectivity index (χ2v) is 4.94. The Balaban J connectivity index is 2.08. The van der Waals surface area contributed by atoms with Gasteiger partial charge in [0.25, 0.3) is 0 Å². The van der Waals surface area contributed by atoms with E-state index in [1.54, 1.807) is 0 Å². The molecule has 1 N–H and O–H groups in total. The summed E-state index contributed by atoms with van der Waals surface area (Å²) in [5.74, 6) is -2.94. The number of hydrogen-bond donors (Lipinski definition) is 1. The Labute approximate surface area is 105 Å². The molecule has 2 nitrogen and oxygen atoms in total. The predicted octanol–water partition coefficient (Wildman–Crippen LogP) is 3.00. The fourth-order valence-electron chi connectivity index (χ4n) is 2.27. The Hall–Kier alpha value is -1.23. The topological polar surface area (TPSA) is 15.3 Å². The third-order valence-electron chi connectivity index (χ3n) is 3.58. The molecular formula is C13H17F3N2. The van der Waals surface area contributed by atoms with E-state index in [-0.39, 0.29) is 11.7 Å². The van der Waals surface area contributed by atoms with Gasteiger partial charge in [-0.25, -0.2) is 13.2 Å². The standard InChI is InChI=1S/C13H17F3N2/c1-8-5-9(3-4-18(8)2)17-13-7-11(15)10(14)6-12(13)16/h6-9,17H,3-5H2,1-2H3. The Morgan fingerprint density at radius 3 is 2.50 bits per heavy atom. The van der Waals surface area contributed by atoms with E-state index in [2.05, 4.69) is 17.1 Å². The molecule has 0 bridgehead atoms. The molecule has 1 saturated heterocycles. The van der Waals surface area contributed by atoms with Crippen LogP contribution >= 0.6 is 0 Å². The van der Waals surface area contributed by atoms with Crippen molar-refractivity contribution in [1.29, 1.82) is 0 Å². The van der Waals surface area contributed by atoms with Gasteiger partial charge in [0.2, 0.25) is 0 Å². The molecule has 0 spiro atoms. The summed E-state index contributed by atoms with van der Waals surface area (Å²) in [6.07, 6.45) is 1.72. The number of anilines is 1. The minimum atomic E-state index is -1.16. The molecule has 1 heterocycles. The van der Waals surface area contributed by atoms with Gasteiger partial charge in [-0.2, -0.15) is 0 Å². The number of benzene rings is 1. The fourth-order valence-corrected chi connectivity index (χ4v) is 2.27. The normalized spacial score (nSPS) is 25.2. The van der Waals surface area contributed by atoms with E-state index < -0.39 is 17.5 Å². The molecule has 0 saturated carbocycles. The Bertz CT molecular complexity index is 436. The van der Waals surface area contributed by atoms with E-state index in [4.69, 9.17) is 0 Å². The highest BCUT2D eigenvalue weighted by molar-refractivity contribution is 5.46. The maximum atomic E-state index is 13.5. The van der Waals surface area contributed by atoms with Crippen LogP contribution in [0.25, 0.3) is 0 Å². The van der Waals surface area contributed by atoms with E-state index in [0.29, 0.717) is 12.1 Å². The van der Waals surface area contributed by atoms with Crippen LogP contribution in [0, 0.1) is 17.5 Å². The Morgan fingerprint density at radius 2 is 1.83 bits per heavy atom. The van der Waals surface area contributed by atoms with Gasteiger partial charge < -0.3 is 10.2 Å². The third-order valence-corrected chi connectivity index (χ3v) is 3.58. The van der Waals surface area contributed by atoms with Crippen molar-refractivity contribution in [2.45, 2.75) is 31.8 Å². The monoisotopic (exact) mass is 258 g/mol. The molecule has 1 aliphatic heterocycles. The third kappa shape index (κ3) is 2.77. The molecular weight excluding hydrogens is 241 g/mol. The first-order chi connectivity index (χ1) is 8.47.